The second kappa shape index (κ2) is 5.17. The maximum atomic E-state index is 3.44. The predicted octanol–water partition coefficient (Wildman–Crippen LogP) is 5.24. The Morgan fingerprint density at radius 3 is 2.72 bits per heavy atom. The molecule has 1 aromatic carbocycles. The first-order valence-electron chi connectivity index (χ1n) is 7.46. The lowest BCUT2D eigenvalue weighted by molar-refractivity contribution is 0.300. The fourth-order valence-corrected chi connectivity index (χ4v) is 3.74. The summed E-state index contributed by atoms with van der Waals surface area (Å²) in [5.74, 6) is 1.66. The van der Waals surface area contributed by atoms with Crippen molar-refractivity contribution in [2.24, 2.45) is 5.92 Å². The Balaban J connectivity index is 1.95. The van der Waals surface area contributed by atoms with Crippen molar-refractivity contribution in [3.05, 3.63) is 36.0 Å². The molecule has 0 aliphatic heterocycles. The third kappa shape index (κ3) is 2.07. The maximum Gasteiger partial charge on any atom is 0.0456 e. The van der Waals surface area contributed by atoms with E-state index in [-0.39, 0.29) is 0 Å². The van der Waals surface area contributed by atoms with Gasteiger partial charge in [-0.1, -0.05) is 44.4 Å². The summed E-state index contributed by atoms with van der Waals surface area (Å²) >= 11 is 0. The summed E-state index contributed by atoms with van der Waals surface area (Å²) in [7, 11) is 0. The van der Waals surface area contributed by atoms with Crippen LogP contribution in [-0.4, -0.2) is 4.98 Å². The number of H-pyrrole nitrogens is 1. The van der Waals surface area contributed by atoms with E-state index in [2.05, 4.69) is 42.4 Å². The lowest BCUT2D eigenvalue weighted by Gasteiger charge is -2.29. The Hall–Kier alpha value is -1.24. The molecule has 1 aliphatic carbocycles. The Bertz CT molecular complexity index is 505. The van der Waals surface area contributed by atoms with Crippen LogP contribution in [0.5, 0.6) is 0 Å². The maximum absolute atomic E-state index is 3.44. The Morgan fingerprint density at radius 2 is 1.94 bits per heavy atom. The summed E-state index contributed by atoms with van der Waals surface area (Å²) in [6, 6.07) is 8.73. The van der Waals surface area contributed by atoms with Gasteiger partial charge < -0.3 is 4.98 Å². The van der Waals surface area contributed by atoms with Gasteiger partial charge in [0.1, 0.15) is 0 Å². The first kappa shape index (κ1) is 11.8. The van der Waals surface area contributed by atoms with Crippen molar-refractivity contribution in [3.63, 3.8) is 0 Å². The van der Waals surface area contributed by atoms with Gasteiger partial charge in [0.2, 0.25) is 0 Å². The minimum atomic E-state index is 0.751. The van der Waals surface area contributed by atoms with Crippen LogP contribution in [0.2, 0.25) is 0 Å². The van der Waals surface area contributed by atoms with Gasteiger partial charge in [-0.2, -0.15) is 0 Å². The summed E-state index contributed by atoms with van der Waals surface area (Å²) in [5, 5.41) is 1.44. The average molecular weight is 241 g/mol. The van der Waals surface area contributed by atoms with Gasteiger partial charge in [-0.05, 0) is 42.7 Å². The van der Waals surface area contributed by atoms with Gasteiger partial charge in [0.15, 0.2) is 0 Å². The number of fused-ring (bicyclic) bond motifs is 1. The molecule has 1 nitrogen and oxygen atoms in total. The van der Waals surface area contributed by atoms with Crippen LogP contribution in [0.1, 0.15) is 56.9 Å². The molecule has 1 N–H and O–H groups in total. The van der Waals surface area contributed by atoms with Crippen molar-refractivity contribution < 1.29 is 0 Å². The van der Waals surface area contributed by atoms with Crippen LogP contribution >= 0.6 is 0 Å². The molecule has 1 aromatic heterocycles. The van der Waals surface area contributed by atoms with E-state index in [9.17, 15) is 0 Å². The molecular formula is C17H23N. The first-order valence-corrected chi connectivity index (χ1v) is 7.46. The summed E-state index contributed by atoms with van der Waals surface area (Å²) in [4.78, 5) is 3.44. The number of benzene rings is 1. The van der Waals surface area contributed by atoms with Gasteiger partial charge in [0.25, 0.3) is 0 Å². The third-order valence-corrected chi connectivity index (χ3v) is 4.68. The van der Waals surface area contributed by atoms with Crippen molar-refractivity contribution in [1.29, 1.82) is 0 Å². The molecule has 1 unspecified atom stereocenters. The van der Waals surface area contributed by atoms with Gasteiger partial charge >= 0.3 is 0 Å². The predicted molar refractivity (Wildman–Crippen MR) is 77.9 cm³/mol. The van der Waals surface area contributed by atoms with Crippen LogP contribution in [0, 0.1) is 5.92 Å². The van der Waals surface area contributed by atoms with Gasteiger partial charge in [-0.25, -0.2) is 0 Å². The van der Waals surface area contributed by atoms with Crippen molar-refractivity contribution in [2.75, 3.05) is 0 Å². The molecule has 0 spiro atoms. The van der Waals surface area contributed by atoms with Crippen LogP contribution in [0.4, 0.5) is 0 Å². The Labute approximate surface area is 110 Å². The molecule has 1 aliphatic rings. The zero-order chi connectivity index (χ0) is 12.4. The summed E-state index contributed by atoms with van der Waals surface area (Å²) in [5.41, 5.74) is 2.85. The summed E-state index contributed by atoms with van der Waals surface area (Å²) < 4.78 is 0. The fraction of sp³-hybridized carbons (Fsp3) is 0.529. The lowest BCUT2D eigenvalue weighted by Crippen LogP contribution is -2.15. The monoisotopic (exact) mass is 241 g/mol. The van der Waals surface area contributed by atoms with Crippen LogP contribution in [0.15, 0.2) is 30.5 Å². The molecule has 0 amide bonds. The van der Waals surface area contributed by atoms with Gasteiger partial charge in [0, 0.05) is 17.1 Å². The number of rotatable bonds is 3. The summed E-state index contributed by atoms with van der Waals surface area (Å²) in [6.07, 6.45) is 10.7. The molecular weight excluding hydrogens is 218 g/mol. The highest BCUT2D eigenvalue weighted by atomic mass is 14.7. The largest absolute Gasteiger partial charge is 0.361 e. The Morgan fingerprint density at radius 1 is 1.17 bits per heavy atom. The van der Waals surface area contributed by atoms with Crippen LogP contribution in [-0.2, 0) is 0 Å². The normalized spacial score (nSPS) is 19.2. The molecule has 1 fully saturated rings. The average Bonchev–Trinajstić information content (AvgIpc) is 2.85. The lowest BCUT2D eigenvalue weighted by atomic mass is 9.75. The molecule has 3 rings (SSSR count). The van der Waals surface area contributed by atoms with E-state index in [1.165, 1.54) is 49.4 Å². The van der Waals surface area contributed by atoms with E-state index in [4.69, 9.17) is 0 Å². The fourth-order valence-electron chi connectivity index (χ4n) is 3.74. The van der Waals surface area contributed by atoms with E-state index in [0.29, 0.717) is 0 Å². The number of aromatic amines is 1. The first-order chi connectivity index (χ1) is 8.90. The second-order valence-corrected chi connectivity index (χ2v) is 5.70. The summed E-state index contributed by atoms with van der Waals surface area (Å²) in [6.45, 7) is 2.35. The van der Waals surface area contributed by atoms with Crippen molar-refractivity contribution in [1.82, 2.24) is 4.98 Å². The van der Waals surface area contributed by atoms with Gasteiger partial charge in [-0.3, -0.25) is 0 Å². The molecule has 1 heteroatoms. The van der Waals surface area contributed by atoms with Crippen molar-refractivity contribution in [2.45, 2.75) is 51.4 Å². The molecule has 0 saturated heterocycles. The molecule has 1 atom stereocenters. The van der Waals surface area contributed by atoms with E-state index in [1.54, 1.807) is 5.56 Å². The quantitative estimate of drug-likeness (QED) is 0.756. The zero-order valence-electron chi connectivity index (χ0n) is 11.3. The number of nitrogens with one attached hydrogen (secondary N) is 1. The zero-order valence-corrected chi connectivity index (χ0v) is 11.3. The SMILES string of the molecule is CCC(c1c[nH]c2ccccc12)C1CCCCC1. The molecule has 0 bridgehead atoms. The second-order valence-electron chi connectivity index (χ2n) is 5.70. The van der Waals surface area contributed by atoms with Crippen LogP contribution in [0.3, 0.4) is 0 Å². The van der Waals surface area contributed by atoms with Crippen LogP contribution in [0.25, 0.3) is 10.9 Å². The number of aromatic nitrogens is 1. The molecule has 0 radical (unpaired) electrons. The van der Waals surface area contributed by atoms with Crippen molar-refractivity contribution >= 4 is 10.9 Å². The van der Waals surface area contributed by atoms with E-state index >= 15 is 0 Å². The smallest absolute Gasteiger partial charge is 0.0456 e. The number of hydrogen-bond acceptors (Lipinski definition) is 0. The van der Waals surface area contributed by atoms with E-state index in [1.807, 2.05) is 0 Å². The van der Waals surface area contributed by atoms with Gasteiger partial charge in [-0.15, -0.1) is 0 Å². The highest BCUT2D eigenvalue weighted by Gasteiger charge is 2.25. The van der Waals surface area contributed by atoms with E-state index in [0.717, 1.165) is 11.8 Å². The molecule has 2 aromatic rings. The van der Waals surface area contributed by atoms with Gasteiger partial charge in [0.05, 0.1) is 0 Å². The molecule has 1 saturated carbocycles. The van der Waals surface area contributed by atoms with Crippen LogP contribution < -0.4 is 0 Å². The highest BCUT2D eigenvalue weighted by molar-refractivity contribution is 5.83. The number of para-hydroxylation sites is 1. The van der Waals surface area contributed by atoms with Crippen molar-refractivity contribution in [3.8, 4) is 0 Å². The molecule has 96 valence electrons. The third-order valence-electron chi connectivity index (χ3n) is 4.68. The molecule has 1 heterocycles. The minimum Gasteiger partial charge on any atom is -0.361 e. The van der Waals surface area contributed by atoms with E-state index < -0.39 is 0 Å². The number of hydrogen-bond donors (Lipinski definition) is 1. The highest BCUT2D eigenvalue weighted by Crippen LogP contribution is 2.40. The molecule has 18 heavy (non-hydrogen) atoms. The topological polar surface area (TPSA) is 15.8 Å². The standard InChI is InChI=1S/C17H23N/c1-2-14(13-8-4-3-5-9-13)16-12-18-17-11-7-6-10-15(16)17/h6-7,10-14,18H,2-5,8-9H2,1H3. The minimum absolute atomic E-state index is 0.751. The Kier molecular flexibility index (Phi) is 3.40.